The van der Waals surface area contributed by atoms with Gasteiger partial charge in [-0.1, -0.05) is 37.3 Å². The van der Waals surface area contributed by atoms with Gasteiger partial charge in [0, 0.05) is 11.3 Å². The minimum absolute atomic E-state index is 0.294. The first kappa shape index (κ1) is 18.1. The van der Waals surface area contributed by atoms with Crippen molar-refractivity contribution in [1.29, 1.82) is 0 Å². The van der Waals surface area contributed by atoms with Gasteiger partial charge in [-0.25, -0.2) is 8.42 Å². The molecule has 0 bridgehead atoms. The zero-order valence-electron chi connectivity index (χ0n) is 15.5. The number of hydrogen-bond acceptors (Lipinski definition) is 5. The van der Waals surface area contributed by atoms with Gasteiger partial charge in [0.1, 0.15) is 0 Å². The van der Waals surface area contributed by atoms with Gasteiger partial charge in [-0.05, 0) is 49.2 Å². The van der Waals surface area contributed by atoms with Crippen molar-refractivity contribution in [1.82, 2.24) is 19.8 Å². The molecule has 0 saturated heterocycles. The molecule has 2 aromatic heterocycles. The SMILES string of the molecule is CCc1ccccc1S(=O)(=O)Nc1cccc(-c2ccc3nnc(C)n3n2)c1. The zero-order chi connectivity index (χ0) is 19.7. The molecule has 2 aromatic carbocycles. The van der Waals surface area contributed by atoms with Crippen LogP contribution in [0.15, 0.2) is 65.6 Å². The molecule has 142 valence electrons. The molecular weight excluding hydrogens is 374 g/mol. The van der Waals surface area contributed by atoms with Crippen molar-refractivity contribution in [2.24, 2.45) is 0 Å². The third-order valence-corrected chi connectivity index (χ3v) is 5.95. The van der Waals surface area contributed by atoms with Gasteiger partial charge in [-0.15, -0.1) is 10.2 Å². The summed E-state index contributed by atoms with van der Waals surface area (Å²) in [7, 11) is -3.68. The summed E-state index contributed by atoms with van der Waals surface area (Å²) in [6, 6.07) is 17.8. The number of fused-ring (bicyclic) bond motifs is 1. The van der Waals surface area contributed by atoms with Gasteiger partial charge in [0.05, 0.1) is 10.6 Å². The number of aryl methyl sites for hydroxylation is 2. The Labute approximate surface area is 163 Å². The molecule has 0 saturated carbocycles. The van der Waals surface area contributed by atoms with E-state index in [4.69, 9.17) is 0 Å². The van der Waals surface area contributed by atoms with Gasteiger partial charge in [-0.2, -0.15) is 9.61 Å². The van der Waals surface area contributed by atoms with Crippen LogP contribution in [0, 0.1) is 6.92 Å². The molecule has 4 aromatic rings. The van der Waals surface area contributed by atoms with E-state index in [9.17, 15) is 8.42 Å². The molecule has 4 rings (SSSR count). The first-order chi connectivity index (χ1) is 13.5. The predicted octanol–water partition coefficient (Wildman–Crippen LogP) is 3.46. The number of sulfonamides is 1. The van der Waals surface area contributed by atoms with E-state index >= 15 is 0 Å². The van der Waals surface area contributed by atoms with Crippen LogP contribution >= 0.6 is 0 Å². The Balaban J connectivity index is 1.69. The van der Waals surface area contributed by atoms with E-state index in [0.29, 0.717) is 34.2 Å². The Morgan fingerprint density at radius 1 is 1.00 bits per heavy atom. The summed E-state index contributed by atoms with van der Waals surface area (Å²) in [6.45, 7) is 3.76. The number of nitrogens with one attached hydrogen (secondary N) is 1. The summed E-state index contributed by atoms with van der Waals surface area (Å²) < 4.78 is 30.1. The van der Waals surface area contributed by atoms with Crippen molar-refractivity contribution in [3.05, 3.63) is 72.1 Å². The summed E-state index contributed by atoms with van der Waals surface area (Å²) in [5.41, 5.74) is 3.41. The highest BCUT2D eigenvalue weighted by atomic mass is 32.2. The summed E-state index contributed by atoms with van der Waals surface area (Å²) in [4.78, 5) is 0.294. The van der Waals surface area contributed by atoms with E-state index in [-0.39, 0.29) is 0 Å². The van der Waals surface area contributed by atoms with Gasteiger partial charge in [-0.3, -0.25) is 4.72 Å². The van der Waals surface area contributed by atoms with Crippen molar-refractivity contribution >= 4 is 21.4 Å². The second-order valence-corrected chi connectivity index (χ2v) is 8.03. The molecule has 0 amide bonds. The minimum atomic E-state index is -3.68. The van der Waals surface area contributed by atoms with Crippen LogP contribution in [-0.2, 0) is 16.4 Å². The Morgan fingerprint density at radius 3 is 2.64 bits per heavy atom. The van der Waals surface area contributed by atoms with Gasteiger partial charge in [0.2, 0.25) is 0 Å². The molecule has 0 aliphatic rings. The Bertz CT molecular complexity index is 1260. The quantitative estimate of drug-likeness (QED) is 0.561. The lowest BCUT2D eigenvalue weighted by molar-refractivity contribution is 0.600. The third-order valence-electron chi connectivity index (χ3n) is 4.47. The molecule has 28 heavy (non-hydrogen) atoms. The summed E-state index contributed by atoms with van der Waals surface area (Å²) in [6.07, 6.45) is 0.638. The maximum absolute atomic E-state index is 12.9. The summed E-state index contributed by atoms with van der Waals surface area (Å²) >= 11 is 0. The highest BCUT2D eigenvalue weighted by Gasteiger charge is 2.17. The molecule has 2 heterocycles. The lowest BCUT2D eigenvalue weighted by Crippen LogP contribution is -2.14. The first-order valence-electron chi connectivity index (χ1n) is 8.88. The van der Waals surface area contributed by atoms with E-state index in [1.807, 2.05) is 44.2 Å². The molecular formula is C20H19N5O2S. The Hall–Kier alpha value is -3.26. The van der Waals surface area contributed by atoms with E-state index in [1.54, 1.807) is 34.8 Å². The topological polar surface area (TPSA) is 89.2 Å². The number of hydrogen-bond donors (Lipinski definition) is 1. The maximum Gasteiger partial charge on any atom is 0.262 e. The third kappa shape index (κ3) is 3.34. The lowest BCUT2D eigenvalue weighted by atomic mass is 10.1. The van der Waals surface area contributed by atoms with Gasteiger partial charge < -0.3 is 0 Å². The van der Waals surface area contributed by atoms with Crippen LogP contribution in [0.5, 0.6) is 0 Å². The van der Waals surface area contributed by atoms with Crippen LogP contribution in [0.2, 0.25) is 0 Å². The van der Waals surface area contributed by atoms with Gasteiger partial charge >= 0.3 is 0 Å². The predicted molar refractivity (Wildman–Crippen MR) is 108 cm³/mol. The molecule has 0 radical (unpaired) electrons. The number of rotatable bonds is 5. The van der Waals surface area contributed by atoms with E-state index in [0.717, 1.165) is 11.1 Å². The monoisotopic (exact) mass is 393 g/mol. The van der Waals surface area contributed by atoms with Crippen LogP contribution in [0.25, 0.3) is 16.9 Å². The Morgan fingerprint density at radius 2 is 1.82 bits per heavy atom. The smallest absolute Gasteiger partial charge is 0.262 e. The number of anilines is 1. The van der Waals surface area contributed by atoms with Gasteiger partial charge in [0.15, 0.2) is 11.5 Å². The molecule has 0 atom stereocenters. The molecule has 1 N–H and O–H groups in total. The van der Waals surface area contributed by atoms with E-state index in [2.05, 4.69) is 20.0 Å². The maximum atomic E-state index is 12.9. The van der Waals surface area contributed by atoms with Crippen LogP contribution in [0.3, 0.4) is 0 Å². The summed E-state index contributed by atoms with van der Waals surface area (Å²) in [5.74, 6) is 0.685. The van der Waals surface area contributed by atoms with Crippen LogP contribution in [0.1, 0.15) is 18.3 Å². The number of aromatic nitrogens is 4. The number of benzene rings is 2. The fourth-order valence-corrected chi connectivity index (χ4v) is 4.42. The zero-order valence-corrected chi connectivity index (χ0v) is 16.3. The van der Waals surface area contributed by atoms with Crippen molar-refractivity contribution < 1.29 is 8.42 Å². The van der Waals surface area contributed by atoms with Gasteiger partial charge in [0.25, 0.3) is 10.0 Å². The molecule has 0 aliphatic heterocycles. The Kier molecular flexibility index (Phi) is 4.56. The van der Waals surface area contributed by atoms with Crippen LogP contribution in [0.4, 0.5) is 5.69 Å². The standard InChI is InChI=1S/C20H19N5O2S/c1-3-15-7-4-5-10-19(15)28(26,27)24-17-9-6-8-16(13-17)18-11-12-20-22-21-14(2)25(20)23-18/h4-13,24H,3H2,1-2H3. The first-order valence-corrected chi connectivity index (χ1v) is 10.4. The average molecular weight is 393 g/mol. The molecule has 7 nitrogen and oxygen atoms in total. The van der Waals surface area contributed by atoms with Crippen molar-refractivity contribution in [3.8, 4) is 11.3 Å². The fraction of sp³-hybridized carbons (Fsp3) is 0.150. The van der Waals surface area contributed by atoms with Crippen molar-refractivity contribution in [2.75, 3.05) is 4.72 Å². The van der Waals surface area contributed by atoms with Crippen molar-refractivity contribution in [2.45, 2.75) is 25.2 Å². The van der Waals surface area contributed by atoms with E-state index < -0.39 is 10.0 Å². The lowest BCUT2D eigenvalue weighted by Gasteiger charge is -2.12. The summed E-state index contributed by atoms with van der Waals surface area (Å²) in [5, 5.41) is 12.6. The minimum Gasteiger partial charge on any atom is -0.280 e. The fourth-order valence-electron chi connectivity index (χ4n) is 3.06. The average Bonchev–Trinajstić information content (AvgIpc) is 3.08. The van der Waals surface area contributed by atoms with E-state index in [1.165, 1.54) is 0 Å². The second kappa shape index (κ2) is 7.05. The normalized spacial score (nSPS) is 11.6. The molecule has 0 fully saturated rings. The second-order valence-electron chi connectivity index (χ2n) is 6.38. The van der Waals surface area contributed by atoms with Crippen LogP contribution < -0.4 is 4.72 Å². The highest BCUT2D eigenvalue weighted by molar-refractivity contribution is 7.92. The van der Waals surface area contributed by atoms with Crippen molar-refractivity contribution in [3.63, 3.8) is 0 Å². The van der Waals surface area contributed by atoms with Crippen LogP contribution in [-0.4, -0.2) is 28.2 Å². The molecule has 0 aliphatic carbocycles. The largest absolute Gasteiger partial charge is 0.280 e. The molecule has 0 spiro atoms. The molecule has 8 heteroatoms. The highest BCUT2D eigenvalue weighted by Crippen LogP contribution is 2.24. The number of nitrogens with zero attached hydrogens (tertiary/aromatic N) is 4. The molecule has 0 unspecified atom stereocenters.